The Morgan fingerprint density at radius 3 is 1.59 bits per heavy atom. The zero-order valence-electron chi connectivity index (χ0n) is 34.7. The Labute approximate surface area is 371 Å². The van der Waals surface area contributed by atoms with Crippen LogP contribution in [0.2, 0.25) is 0 Å². The van der Waals surface area contributed by atoms with Crippen molar-refractivity contribution in [2.24, 2.45) is 0 Å². The Kier molecular flexibility index (Phi) is 8.14. The van der Waals surface area contributed by atoms with E-state index in [-0.39, 0.29) is 0 Å². The van der Waals surface area contributed by atoms with Crippen LogP contribution in [-0.2, 0) is 0 Å². The highest BCUT2D eigenvalue weighted by molar-refractivity contribution is 7.19. The largest absolute Gasteiger partial charge is 0.455 e. The van der Waals surface area contributed by atoms with Gasteiger partial charge < -0.3 is 13.6 Å². The number of para-hydroxylation sites is 3. The molecule has 0 spiro atoms. The number of benzene rings is 9. The van der Waals surface area contributed by atoms with Gasteiger partial charge >= 0.3 is 0 Å². The maximum atomic E-state index is 6.56. The predicted molar refractivity (Wildman–Crippen MR) is 269 cm³/mol. The second-order valence-corrected chi connectivity index (χ2v) is 20.5. The molecule has 3 heterocycles. The van der Waals surface area contributed by atoms with Gasteiger partial charge in [0.2, 0.25) is 0 Å². The van der Waals surface area contributed by atoms with E-state index in [1.54, 1.807) is 0 Å². The fourth-order valence-electron chi connectivity index (χ4n) is 10.5. The third kappa shape index (κ3) is 5.35. The molecular weight excluding hydrogens is 793 g/mol. The van der Waals surface area contributed by atoms with Crippen LogP contribution in [0.5, 0.6) is 0 Å². The maximum Gasteiger partial charge on any atom is 0.179 e. The van der Waals surface area contributed by atoms with Crippen molar-refractivity contribution in [3.05, 3.63) is 243 Å². The van der Waals surface area contributed by atoms with Gasteiger partial charge in [-0.3, -0.25) is 0 Å². The number of fused-ring (bicyclic) bond motifs is 10. The van der Waals surface area contributed by atoms with Crippen molar-refractivity contribution in [2.45, 2.75) is 0 Å². The molecule has 0 fully saturated rings. The highest BCUT2D eigenvalue weighted by Crippen LogP contribution is 2.40. The summed E-state index contributed by atoms with van der Waals surface area (Å²) < 4.78 is 11.3. The summed E-state index contributed by atoms with van der Waals surface area (Å²) in [5.41, 5.74) is 11.0. The number of rotatable bonds is 7. The second kappa shape index (κ2) is 14.4. The van der Waals surface area contributed by atoms with Crippen molar-refractivity contribution in [3.8, 4) is 22.5 Å². The van der Waals surface area contributed by atoms with E-state index in [0.717, 1.165) is 49.4 Å². The average Bonchev–Trinajstić information content (AvgIpc) is 4.03. The van der Waals surface area contributed by atoms with Crippen molar-refractivity contribution in [3.63, 3.8) is 0 Å². The molecule has 13 aromatic rings. The molecule has 0 atom stereocenters. The van der Waals surface area contributed by atoms with Crippen LogP contribution in [0.25, 0.3) is 88.1 Å². The summed E-state index contributed by atoms with van der Waals surface area (Å²) in [5.74, 6) is 0. The third-order valence-electron chi connectivity index (χ3n) is 13.3. The van der Waals surface area contributed by atoms with E-state index in [1.165, 1.54) is 59.4 Å². The Morgan fingerprint density at radius 1 is 0.375 bits per heavy atom. The summed E-state index contributed by atoms with van der Waals surface area (Å²) in [7, 11) is -2.84. The van der Waals surface area contributed by atoms with E-state index in [2.05, 4.69) is 240 Å². The molecule has 3 aromatic heterocycles. The van der Waals surface area contributed by atoms with Crippen LogP contribution in [0.1, 0.15) is 0 Å². The van der Waals surface area contributed by atoms with Gasteiger partial charge in [-0.05, 0) is 105 Å². The fourth-order valence-corrected chi connectivity index (χ4v) is 15.3. The summed E-state index contributed by atoms with van der Waals surface area (Å²) in [6.45, 7) is 0. The van der Waals surface area contributed by atoms with Crippen LogP contribution in [-0.4, -0.2) is 17.2 Å². The van der Waals surface area contributed by atoms with Gasteiger partial charge in [-0.1, -0.05) is 170 Å². The molecule has 0 bridgehead atoms. The summed E-state index contributed by atoms with van der Waals surface area (Å²) in [5, 5.41) is 12.1. The first-order valence-corrected chi connectivity index (χ1v) is 23.8. The summed E-state index contributed by atoms with van der Waals surface area (Å²) in [6, 6.07) is 90.9. The number of aromatic nitrogens is 2. The SMILES string of the molecule is c1ccc2oc3c(ccc4c3c3ccccc3n4-c3ccc([Si](c4ccccc4)(c4ccccc4)c4ccc(-c5ccc6c(c5)c5ccccc5n6-c5ccccc5)cc4)cc3)c2c#1. The van der Waals surface area contributed by atoms with E-state index in [1.807, 2.05) is 12.1 Å². The van der Waals surface area contributed by atoms with Gasteiger partial charge in [0, 0.05) is 32.9 Å². The van der Waals surface area contributed by atoms with Crippen molar-refractivity contribution in [2.75, 3.05) is 0 Å². The Bertz CT molecular complexity index is 3830. The quantitative estimate of drug-likeness (QED) is 0.116. The molecule has 10 aromatic carbocycles. The minimum atomic E-state index is -2.84. The maximum absolute atomic E-state index is 6.56. The Hall–Kier alpha value is -8.36. The van der Waals surface area contributed by atoms with Gasteiger partial charge in [-0.15, -0.1) is 0 Å². The van der Waals surface area contributed by atoms with Crippen molar-refractivity contribution >= 4 is 94.4 Å². The van der Waals surface area contributed by atoms with Crippen LogP contribution in [0, 0.1) is 12.1 Å². The highest BCUT2D eigenvalue weighted by atomic mass is 28.3. The highest BCUT2D eigenvalue weighted by Gasteiger charge is 2.41. The molecule has 4 heteroatoms. The second-order valence-electron chi connectivity index (χ2n) is 16.7. The zero-order valence-corrected chi connectivity index (χ0v) is 35.7. The zero-order chi connectivity index (χ0) is 42.2. The lowest BCUT2D eigenvalue weighted by Gasteiger charge is -2.34. The first kappa shape index (κ1) is 36.3. The van der Waals surface area contributed by atoms with Gasteiger partial charge in [-0.25, -0.2) is 0 Å². The number of hydrogen-bond donors (Lipinski definition) is 0. The molecule has 0 aliphatic rings. The standard InChI is InChI=1S/C60H38N2OSi/c1-4-16-43(17-5-1)61-54-25-13-10-22-49(54)53-40-42(30-38-56(53)61)41-28-33-47(34-29-41)64(45-18-6-2-7-19-45,46-20-8-3-9-21-46)48-35-31-44(32-36-48)62-55-26-14-11-24-52(55)59-57(62)39-37-51-50-23-12-15-27-58(50)63-60(51)59/h1-11,13-22,24-40H. The van der Waals surface area contributed by atoms with E-state index >= 15 is 0 Å². The third-order valence-corrected chi connectivity index (χ3v) is 18.1. The summed E-state index contributed by atoms with van der Waals surface area (Å²) in [4.78, 5) is 0. The van der Waals surface area contributed by atoms with Crippen LogP contribution < -0.4 is 20.7 Å². The van der Waals surface area contributed by atoms with Gasteiger partial charge in [0.15, 0.2) is 8.07 Å². The summed E-state index contributed by atoms with van der Waals surface area (Å²) in [6.07, 6.45) is 0. The first-order valence-electron chi connectivity index (χ1n) is 21.8. The molecule has 0 saturated carbocycles. The van der Waals surface area contributed by atoms with Gasteiger partial charge in [0.05, 0.1) is 32.8 Å². The monoisotopic (exact) mass is 830 g/mol. The minimum absolute atomic E-state index is 0.826. The van der Waals surface area contributed by atoms with Crippen LogP contribution in [0.15, 0.2) is 235 Å². The van der Waals surface area contributed by atoms with E-state index in [0.29, 0.717) is 0 Å². The molecule has 0 saturated heterocycles. The van der Waals surface area contributed by atoms with E-state index in [9.17, 15) is 0 Å². The molecule has 3 nitrogen and oxygen atoms in total. The van der Waals surface area contributed by atoms with Crippen molar-refractivity contribution in [1.29, 1.82) is 0 Å². The lowest BCUT2D eigenvalue weighted by atomic mass is 10.0. The molecule has 0 aliphatic carbocycles. The van der Waals surface area contributed by atoms with Crippen molar-refractivity contribution in [1.82, 2.24) is 9.13 Å². The molecule has 64 heavy (non-hydrogen) atoms. The molecule has 0 unspecified atom stereocenters. The lowest BCUT2D eigenvalue weighted by Crippen LogP contribution is -2.74. The number of nitrogens with zero attached hydrogens (tertiary/aromatic N) is 2. The molecule has 0 amide bonds. The van der Waals surface area contributed by atoms with Crippen molar-refractivity contribution < 1.29 is 4.42 Å². The van der Waals surface area contributed by atoms with E-state index < -0.39 is 8.07 Å². The lowest BCUT2D eigenvalue weighted by molar-refractivity contribution is 0.673. The molecule has 0 aliphatic heterocycles. The van der Waals surface area contributed by atoms with Crippen LogP contribution in [0.4, 0.5) is 0 Å². The Balaban J connectivity index is 0.969. The van der Waals surface area contributed by atoms with Crippen LogP contribution in [0.3, 0.4) is 0 Å². The molecule has 0 radical (unpaired) electrons. The minimum Gasteiger partial charge on any atom is -0.455 e. The smallest absolute Gasteiger partial charge is 0.179 e. The fraction of sp³-hybridized carbons (Fsp3) is 0. The molecule has 0 N–H and O–H groups in total. The van der Waals surface area contributed by atoms with E-state index in [4.69, 9.17) is 4.42 Å². The number of furan rings is 1. The predicted octanol–water partition coefficient (Wildman–Crippen LogP) is 12.4. The molecular formula is C60H38N2OSi. The molecule has 298 valence electrons. The normalized spacial score (nSPS) is 11.9. The summed E-state index contributed by atoms with van der Waals surface area (Å²) >= 11 is 0. The van der Waals surface area contributed by atoms with Gasteiger partial charge in [0.25, 0.3) is 0 Å². The van der Waals surface area contributed by atoms with Crippen LogP contribution >= 0.6 is 0 Å². The first-order chi connectivity index (χ1) is 31.8. The molecule has 13 rings (SSSR count). The Morgan fingerprint density at radius 2 is 0.891 bits per heavy atom. The number of hydrogen-bond acceptors (Lipinski definition) is 1. The van der Waals surface area contributed by atoms with Gasteiger partial charge in [0.1, 0.15) is 11.2 Å². The van der Waals surface area contributed by atoms with Gasteiger partial charge in [-0.2, -0.15) is 0 Å². The topological polar surface area (TPSA) is 23.0 Å². The average molecular weight is 831 g/mol.